The Bertz CT molecular complexity index is 191. The summed E-state index contributed by atoms with van der Waals surface area (Å²) in [6.45, 7) is 1.52. The van der Waals surface area contributed by atoms with Crippen molar-refractivity contribution in [2.24, 2.45) is 0 Å². The predicted molar refractivity (Wildman–Crippen MR) is 42.3 cm³/mol. The molecule has 2 amide bonds. The fourth-order valence-corrected chi connectivity index (χ4v) is 1.65. The van der Waals surface area contributed by atoms with Gasteiger partial charge in [0.1, 0.15) is 0 Å². The van der Waals surface area contributed by atoms with Crippen LogP contribution in [0.15, 0.2) is 0 Å². The van der Waals surface area contributed by atoms with E-state index >= 15 is 0 Å². The number of carbonyl (C=O) groups is 1. The summed E-state index contributed by atoms with van der Waals surface area (Å²) in [4.78, 5) is 13.0. The van der Waals surface area contributed by atoms with E-state index in [1.807, 2.05) is 0 Å². The Hall–Kier alpha value is -0.810. The minimum atomic E-state index is -0.197. The minimum absolute atomic E-state index is 0.0712. The maximum atomic E-state index is 11.2. The van der Waals surface area contributed by atoms with Crippen molar-refractivity contribution in [2.45, 2.75) is 25.0 Å². The second kappa shape index (κ2) is 2.91. The van der Waals surface area contributed by atoms with E-state index in [4.69, 9.17) is 5.11 Å². The Morgan fingerprint density at radius 1 is 1.50 bits per heavy atom. The lowest BCUT2D eigenvalue weighted by Crippen LogP contribution is -2.61. The summed E-state index contributed by atoms with van der Waals surface area (Å²) in [7, 11) is 0. The number of hydrogen-bond donors (Lipinski definition) is 3. The largest absolute Gasteiger partial charge is 0.393 e. The molecule has 2 aliphatic rings. The average molecular weight is 171 g/mol. The molecule has 0 radical (unpaired) electrons. The smallest absolute Gasteiger partial charge is 0.332 e. The van der Waals surface area contributed by atoms with E-state index < -0.39 is 0 Å². The number of aliphatic hydroxyl groups is 1. The molecule has 0 bridgehead atoms. The van der Waals surface area contributed by atoms with Gasteiger partial charge in [-0.15, -0.1) is 0 Å². The third-order valence-electron chi connectivity index (χ3n) is 2.46. The van der Waals surface area contributed by atoms with Crippen LogP contribution in [-0.2, 0) is 0 Å². The van der Waals surface area contributed by atoms with E-state index in [9.17, 15) is 4.79 Å². The molecular weight excluding hydrogens is 158 g/mol. The van der Waals surface area contributed by atoms with E-state index in [1.165, 1.54) is 0 Å². The van der Waals surface area contributed by atoms with Crippen LogP contribution in [0.5, 0.6) is 0 Å². The van der Waals surface area contributed by atoms with Crippen molar-refractivity contribution >= 4 is 6.03 Å². The standard InChI is InChI=1S/C7H13N3O2/c11-6-3-5(4-6)10-2-1-8-9-7(10)12/h5-6,8,11H,1-4H2,(H,9,12)/t5-,6-. The van der Waals surface area contributed by atoms with E-state index in [-0.39, 0.29) is 18.2 Å². The quantitative estimate of drug-likeness (QED) is 0.476. The summed E-state index contributed by atoms with van der Waals surface area (Å²) in [5, 5.41) is 9.06. The van der Waals surface area contributed by atoms with E-state index in [0.29, 0.717) is 0 Å². The monoisotopic (exact) mass is 171 g/mol. The zero-order valence-corrected chi connectivity index (χ0v) is 6.79. The zero-order chi connectivity index (χ0) is 8.55. The van der Waals surface area contributed by atoms with Crippen LogP contribution in [0.1, 0.15) is 12.8 Å². The highest BCUT2D eigenvalue weighted by Crippen LogP contribution is 2.25. The molecular formula is C7H13N3O2. The van der Waals surface area contributed by atoms with Crippen molar-refractivity contribution in [1.29, 1.82) is 0 Å². The van der Waals surface area contributed by atoms with Gasteiger partial charge in [-0.05, 0) is 12.8 Å². The van der Waals surface area contributed by atoms with Gasteiger partial charge in [-0.3, -0.25) is 5.43 Å². The number of urea groups is 1. The van der Waals surface area contributed by atoms with Gasteiger partial charge in [0.05, 0.1) is 6.10 Å². The first-order valence-corrected chi connectivity index (χ1v) is 4.25. The molecule has 3 N–H and O–H groups in total. The highest BCUT2D eigenvalue weighted by molar-refractivity contribution is 5.74. The van der Waals surface area contributed by atoms with Gasteiger partial charge < -0.3 is 10.0 Å². The van der Waals surface area contributed by atoms with Gasteiger partial charge in [0.25, 0.3) is 0 Å². The Morgan fingerprint density at radius 3 is 2.83 bits per heavy atom. The Morgan fingerprint density at radius 2 is 2.25 bits per heavy atom. The second-order valence-electron chi connectivity index (χ2n) is 3.33. The molecule has 2 fully saturated rings. The molecule has 68 valence electrons. The van der Waals surface area contributed by atoms with E-state index in [0.717, 1.165) is 25.9 Å². The van der Waals surface area contributed by atoms with Crippen LogP contribution < -0.4 is 10.9 Å². The Balaban J connectivity index is 1.89. The molecule has 0 aromatic heterocycles. The predicted octanol–water partition coefficient (Wildman–Crippen LogP) is -0.961. The van der Waals surface area contributed by atoms with Crippen molar-refractivity contribution in [1.82, 2.24) is 15.8 Å². The molecule has 1 heterocycles. The summed E-state index contributed by atoms with van der Waals surface area (Å²) in [5.41, 5.74) is 5.33. The summed E-state index contributed by atoms with van der Waals surface area (Å²) in [6, 6.07) is 0.181. The maximum Gasteiger partial charge on any atom is 0.332 e. The fourth-order valence-electron chi connectivity index (χ4n) is 1.65. The lowest BCUT2D eigenvalue weighted by atomic mass is 9.88. The Kier molecular flexibility index (Phi) is 1.90. The molecule has 0 unspecified atom stereocenters. The molecule has 1 saturated carbocycles. The minimum Gasteiger partial charge on any atom is -0.393 e. The molecule has 0 aromatic carbocycles. The van der Waals surface area contributed by atoms with Crippen LogP contribution in [0.4, 0.5) is 4.79 Å². The van der Waals surface area contributed by atoms with Crippen molar-refractivity contribution in [3.8, 4) is 0 Å². The Labute approximate surface area is 70.7 Å². The maximum absolute atomic E-state index is 11.2. The topological polar surface area (TPSA) is 64.6 Å². The van der Waals surface area contributed by atoms with Crippen molar-refractivity contribution in [2.75, 3.05) is 13.1 Å². The molecule has 5 nitrogen and oxygen atoms in total. The van der Waals surface area contributed by atoms with Gasteiger partial charge >= 0.3 is 6.03 Å². The van der Waals surface area contributed by atoms with Crippen LogP contribution in [0.2, 0.25) is 0 Å². The lowest BCUT2D eigenvalue weighted by molar-refractivity contribution is 0.0129. The lowest BCUT2D eigenvalue weighted by Gasteiger charge is -2.42. The molecule has 2 rings (SSSR count). The molecule has 12 heavy (non-hydrogen) atoms. The number of rotatable bonds is 1. The normalized spacial score (nSPS) is 35.8. The van der Waals surface area contributed by atoms with Gasteiger partial charge in [-0.25, -0.2) is 10.2 Å². The van der Waals surface area contributed by atoms with Gasteiger partial charge in [-0.1, -0.05) is 0 Å². The van der Waals surface area contributed by atoms with Gasteiger partial charge in [0, 0.05) is 19.1 Å². The summed E-state index contributed by atoms with van der Waals surface area (Å²) in [5.74, 6) is 0. The highest BCUT2D eigenvalue weighted by atomic mass is 16.3. The van der Waals surface area contributed by atoms with E-state index in [1.54, 1.807) is 4.90 Å². The third-order valence-corrected chi connectivity index (χ3v) is 2.46. The van der Waals surface area contributed by atoms with Crippen LogP contribution in [-0.4, -0.2) is 41.3 Å². The summed E-state index contributed by atoms with van der Waals surface area (Å²) >= 11 is 0. The van der Waals surface area contributed by atoms with Crippen molar-refractivity contribution in [3.05, 3.63) is 0 Å². The second-order valence-corrected chi connectivity index (χ2v) is 3.33. The fraction of sp³-hybridized carbons (Fsp3) is 0.857. The number of nitrogens with zero attached hydrogens (tertiary/aromatic N) is 1. The van der Waals surface area contributed by atoms with Crippen LogP contribution >= 0.6 is 0 Å². The highest BCUT2D eigenvalue weighted by Gasteiger charge is 2.35. The van der Waals surface area contributed by atoms with Gasteiger partial charge in [-0.2, -0.15) is 0 Å². The SMILES string of the molecule is O=C1NNCCN1[C@H]1C[C@H](O)C1. The molecule has 0 spiro atoms. The molecule has 1 aliphatic carbocycles. The zero-order valence-electron chi connectivity index (χ0n) is 6.79. The first kappa shape index (κ1) is 7.82. The summed E-state index contributed by atoms with van der Waals surface area (Å²) < 4.78 is 0. The number of hydrazine groups is 1. The molecule has 1 saturated heterocycles. The van der Waals surface area contributed by atoms with E-state index in [2.05, 4.69) is 10.9 Å². The molecule has 1 aliphatic heterocycles. The van der Waals surface area contributed by atoms with Crippen LogP contribution in [0, 0.1) is 0 Å². The third kappa shape index (κ3) is 1.25. The first-order chi connectivity index (χ1) is 5.77. The summed E-state index contributed by atoms with van der Waals surface area (Å²) in [6.07, 6.45) is 1.26. The number of amides is 2. The molecule has 0 aromatic rings. The van der Waals surface area contributed by atoms with Crippen LogP contribution in [0.25, 0.3) is 0 Å². The van der Waals surface area contributed by atoms with Gasteiger partial charge in [0.15, 0.2) is 0 Å². The van der Waals surface area contributed by atoms with Crippen LogP contribution in [0.3, 0.4) is 0 Å². The number of hydrogen-bond acceptors (Lipinski definition) is 3. The number of nitrogens with one attached hydrogen (secondary N) is 2. The number of aliphatic hydroxyl groups excluding tert-OH is 1. The molecule has 5 heteroatoms. The average Bonchev–Trinajstić information content (AvgIpc) is 2.01. The van der Waals surface area contributed by atoms with Crippen molar-refractivity contribution < 1.29 is 9.90 Å². The first-order valence-electron chi connectivity index (χ1n) is 4.25. The van der Waals surface area contributed by atoms with Gasteiger partial charge in [0.2, 0.25) is 0 Å². The number of carbonyl (C=O) groups excluding carboxylic acids is 1. The van der Waals surface area contributed by atoms with Crippen molar-refractivity contribution in [3.63, 3.8) is 0 Å². The molecule has 0 atom stereocenters.